The van der Waals surface area contributed by atoms with E-state index in [0.717, 1.165) is 0 Å². The standard InChI is InChI=1S/C15H18Cl2N2O5/c1-8(12(20)19-15(2,7-24-3)14(22)23)18-13(21)9-5-4-6-10(16)11(9)17/h4-6,8H,7H2,1-3H3,(H,18,21)(H,19,20)(H,22,23). The van der Waals surface area contributed by atoms with Gasteiger partial charge in [0.25, 0.3) is 5.91 Å². The van der Waals surface area contributed by atoms with E-state index in [-0.39, 0.29) is 22.2 Å². The molecule has 0 aromatic heterocycles. The number of nitrogens with one attached hydrogen (secondary N) is 2. The summed E-state index contributed by atoms with van der Waals surface area (Å²) < 4.78 is 4.81. The van der Waals surface area contributed by atoms with Gasteiger partial charge >= 0.3 is 5.97 Å². The van der Waals surface area contributed by atoms with Gasteiger partial charge in [-0.25, -0.2) is 4.79 Å². The van der Waals surface area contributed by atoms with E-state index in [2.05, 4.69) is 10.6 Å². The van der Waals surface area contributed by atoms with E-state index < -0.39 is 29.4 Å². The number of carbonyl (C=O) groups is 3. The molecule has 1 rings (SSSR count). The van der Waals surface area contributed by atoms with Crippen molar-refractivity contribution in [2.75, 3.05) is 13.7 Å². The molecule has 0 spiro atoms. The fourth-order valence-corrected chi connectivity index (χ4v) is 2.23. The van der Waals surface area contributed by atoms with Gasteiger partial charge in [0.2, 0.25) is 5.91 Å². The predicted molar refractivity (Wildman–Crippen MR) is 89.4 cm³/mol. The minimum Gasteiger partial charge on any atom is -0.479 e. The highest BCUT2D eigenvalue weighted by molar-refractivity contribution is 6.43. The van der Waals surface area contributed by atoms with Gasteiger partial charge in [-0.1, -0.05) is 29.3 Å². The largest absolute Gasteiger partial charge is 0.479 e. The summed E-state index contributed by atoms with van der Waals surface area (Å²) >= 11 is 11.8. The van der Waals surface area contributed by atoms with Crippen LogP contribution in [0.25, 0.3) is 0 Å². The highest BCUT2D eigenvalue weighted by Crippen LogP contribution is 2.25. The van der Waals surface area contributed by atoms with Gasteiger partial charge in [0.15, 0.2) is 5.54 Å². The number of carboxylic acid groups (broad SMARTS) is 1. The van der Waals surface area contributed by atoms with Crippen LogP contribution in [0.15, 0.2) is 18.2 Å². The summed E-state index contributed by atoms with van der Waals surface area (Å²) in [5.41, 5.74) is -1.50. The lowest BCUT2D eigenvalue weighted by Crippen LogP contribution is -2.59. The van der Waals surface area contributed by atoms with Crippen molar-refractivity contribution < 1.29 is 24.2 Å². The Balaban J connectivity index is 2.81. The van der Waals surface area contributed by atoms with Gasteiger partial charge < -0.3 is 20.5 Å². The molecule has 0 aliphatic rings. The zero-order valence-electron chi connectivity index (χ0n) is 13.4. The molecule has 0 bridgehead atoms. The van der Waals surface area contributed by atoms with Crippen molar-refractivity contribution in [1.82, 2.24) is 10.6 Å². The van der Waals surface area contributed by atoms with Crippen molar-refractivity contribution in [2.45, 2.75) is 25.4 Å². The first kappa shape index (κ1) is 20.2. The van der Waals surface area contributed by atoms with Crippen LogP contribution in [0.4, 0.5) is 0 Å². The first-order chi connectivity index (χ1) is 11.1. The molecule has 1 aromatic carbocycles. The topological polar surface area (TPSA) is 105 Å². The van der Waals surface area contributed by atoms with Crippen LogP contribution in [-0.2, 0) is 14.3 Å². The summed E-state index contributed by atoms with van der Waals surface area (Å²) in [6, 6.07) is 3.54. The molecule has 132 valence electrons. The number of hydrogen-bond acceptors (Lipinski definition) is 4. The molecule has 0 radical (unpaired) electrons. The number of hydrogen-bond donors (Lipinski definition) is 3. The summed E-state index contributed by atoms with van der Waals surface area (Å²) in [6.45, 7) is 2.49. The first-order valence-electron chi connectivity index (χ1n) is 6.91. The van der Waals surface area contributed by atoms with Crippen LogP contribution >= 0.6 is 23.2 Å². The summed E-state index contributed by atoms with van der Waals surface area (Å²) in [5, 5.41) is 14.3. The quantitative estimate of drug-likeness (QED) is 0.671. The number of aliphatic carboxylic acids is 1. The molecule has 1 aromatic rings. The van der Waals surface area contributed by atoms with Crippen LogP contribution in [0.1, 0.15) is 24.2 Å². The van der Waals surface area contributed by atoms with E-state index in [9.17, 15) is 19.5 Å². The molecule has 2 unspecified atom stereocenters. The minimum atomic E-state index is -1.61. The van der Waals surface area contributed by atoms with Crippen LogP contribution in [0.3, 0.4) is 0 Å². The lowest BCUT2D eigenvalue weighted by Gasteiger charge is -2.27. The molecule has 0 fully saturated rings. The summed E-state index contributed by atoms with van der Waals surface area (Å²) in [6.07, 6.45) is 0. The summed E-state index contributed by atoms with van der Waals surface area (Å²) in [7, 11) is 1.32. The Morgan fingerprint density at radius 3 is 2.50 bits per heavy atom. The van der Waals surface area contributed by atoms with Crippen LogP contribution in [0.2, 0.25) is 10.0 Å². The average Bonchev–Trinajstić information content (AvgIpc) is 2.49. The van der Waals surface area contributed by atoms with Crippen LogP contribution in [0.5, 0.6) is 0 Å². The fraction of sp³-hybridized carbons (Fsp3) is 0.400. The van der Waals surface area contributed by atoms with Crippen LogP contribution in [0, 0.1) is 0 Å². The van der Waals surface area contributed by atoms with Gasteiger partial charge in [-0.3, -0.25) is 9.59 Å². The van der Waals surface area contributed by atoms with Crippen LogP contribution in [-0.4, -0.2) is 48.2 Å². The van der Waals surface area contributed by atoms with Gasteiger partial charge in [0.05, 0.1) is 22.2 Å². The maximum Gasteiger partial charge on any atom is 0.331 e. The van der Waals surface area contributed by atoms with Gasteiger partial charge in [-0.15, -0.1) is 0 Å². The molecule has 9 heteroatoms. The molecule has 0 saturated heterocycles. The average molecular weight is 377 g/mol. The van der Waals surface area contributed by atoms with Gasteiger partial charge in [0.1, 0.15) is 6.04 Å². The highest BCUT2D eigenvalue weighted by atomic mass is 35.5. The van der Waals surface area contributed by atoms with Crippen molar-refractivity contribution >= 4 is 41.0 Å². The van der Waals surface area contributed by atoms with E-state index in [4.69, 9.17) is 27.9 Å². The number of carbonyl (C=O) groups excluding carboxylic acids is 2. The number of halogens is 2. The molecule has 24 heavy (non-hydrogen) atoms. The maximum atomic E-state index is 12.2. The first-order valence-corrected chi connectivity index (χ1v) is 7.67. The number of amides is 2. The second kappa shape index (κ2) is 8.32. The Morgan fingerprint density at radius 1 is 1.33 bits per heavy atom. The third-order valence-corrected chi connectivity index (χ3v) is 4.06. The molecule has 2 atom stereocenters. The van der Waals surface area contributed by atoms with Crippen molar-refractivity contribution in [3.8, 4) is 0 Å². The molecule has 0 aliphatic carbocycles. The molecule has 0 saturated carbocycles. The third kappa shape index (κ3) is 4.83. The Morgan fingerprint density at radius 2 is 1.96 bits per heavy atom. The number of carboxylic acids is 1. The summed E-state index contributed by atoms with van der Waals surface area (Å²) in [4.78, 5) is 35.6. The van der Waals surface area contributed by atoms with Crippen molar-refractivity contribution in [2.24, 2.45) is 0 Å². The zero-order valence-corrected chi connectivity index (χ0v) is 14.9. The van der Waals surface area contributed by atoms with Crippen LogP contribution < -0.4 is 10.6 Å². The number of ether oxygens (including phenoxy) is 1. The Kier molecular flexibility index (Phi) is 7.01. The molecule has 0 heterocycles. The Hall–Kier alpha value is -1.83. The summed E-state index contributed by atoms with van der Waals surface area (Å²) in [5.74, 6) is -2.54. The Bertz CT molecular complexity index is 653. The second-order valence-corrected chi connectivity index (χ2v) is 6.14. The monoisotopic (exact) mass is 376 g/mol. The molecular weight excluding hydrogens is 359 g/mol. The van der Waals surface area contributed by atoms with Crippen molar-refractivity contribution in [3.05, 3.63) is 33.8 Å². The molecule has 0 aliphatic heterocycles. The smallest absolute Gasteiger partial charge is 0.331 e. The highest BCUT2D eigenvalue weighted by Gasteiger charge is 2.36. The normalized spacial score (nSPS) is 14.4. The maximum absolute atomic E-state index is 12.2. The molecule has 2 amide bonds. The van der Waals surface area contributed by atoms with E-state index in [1.165, 1.54) is 33.1 Å². The fourth-order valence-electron chi connectivity index (χ4n) is 1.84. The lowest BCUT2D eigenvalue weighted by atomic mass is 10.0. The van der Waals surface area contributed by atoms with Gasteiger partial charge in [0, 0.05) is 7.11 Å². The molecule has 7 nitrogen and oxygen atoms in total. The Labute approximate surface area is 149 Å². The number of benzene rings is 1. The van der Waals surface area contributed by atoms with E-state index in [0.29, 0.717) is 0 Å². The number of rotatable bonds is 7. The van der Waals surface area contributed by atoms with E-state index in [1.807, 2.05) is 0 Å². The van der Waals surface area contributed by atoms with Gasteiger partial charge in [-0.05, 0) is 26.0 Å². The molecular formula is C15H18Cl2N2O5. The molecule has 3 N–H and O–H groups in total. The van der Waals surface area contributed by atoms with Crippen molar-refractivity contribution in [3.63, 3.8) is 0 Å². The minimum absolute atomic E-state index is 0.0685. The zero-order chi connectivity index (χ0) is 18.5. The van der Waals surface area contributed by atoms with Crippen molar-refractivity contribution in [1.29, 1.82) is 0 Å². The van der Waals surface area contributed by atoms with Gasteiger partial charge in [-0.2, -0.15) is 0 Å². The van der Waals surface area contributed by atoms with E-state index >= 15 is 0 Å². The SMILES string of the molecule is COCC(C)(NC(=O)C(C)NC(=O)c1cccc(Cl)c1Cl)C(=O)O. The lowest BCUT2D eigenvalue weighted by molar-refractivity contribution is -0.149. The predicted octanol–water partition coefficient (Wildman–Crippen LogP) is 1.72. The number of methoxy groups -OCH3 is 1. The third-order valence-electron chi connectivity index (χ3n) is 3.24. The second-order valence-electron chi connectivity index (χ2n) is 5.36. The van der Waals surface area contributed by atoms with E-state index in [1.54, 1.807) is 6.07 Å².